The molecule has 0 atom stereocenters. The molecule has 2 rings (SSSR count). The van der Waals surface area contributed by atoms with Crippen LogP contribution in [-0.4, -0.2) is 18.9 Å². The van der Waals surface area contributed by atoms with Crippen molar-refractivity contribution in [2.75, 3.05) is 7.11 Å². The molecule has 0 heterocycles. The molecule has 0 radical (unpaired) electrons. The molecule has 2 N–H and O–H groups in total. The van der Waals surface area contributed by atoms with E-state index in [0.29, 0.717) is 11.3 Å². The van der Waals surface area contributed by atoms with E-state index in [2.05, 4.69) is 10.9 Å². The lowest BCUT2D eigenvalue weighted by atomic mass is 10.1. The van der Waals surface area contributed by atoms with Crippen molar-refractivity contribution in [1.29, 1.82) is 0 Å². The van der Waals surface area contributed by atoms with Crippen molar-refractivity contribution in [3.8, 4) is 5.75 Å². The topological polar surface area (TPSA) is 67.4 Å². The number of para-hydroxylation sites is 1. The van der Waals surface area contributed by atoms with E-state index in [1.807, 2.05) is 31.2 Å². The van der Waals surface area contributed by atoms with Crippen LogP contribution in [0.5, 0.6) is 5.75 Å². The highest BCUT2D eigenvalue weighted by molar-refractivity contribution is 5.95. The molecule has 0 spiro atoms. The average Bonchev–Trinajstić information content (AvgIpc) is 2.54. The highest BCUT2D eigenvalue weighted by Crippen LogP contribution is 2.17. The molecule has 0 saturated carbocycles. The number of aryl methyl sites for hydroxylation is 1. The van der Waals surface area contributed by atoms with Gasteiger partial charge in [-0.3, -0.25) is 20.4 Å². The zero-order valence-electron chi connectivity index (χ0n) is 12.6. The maximum atomic E-state index is 11.9. The molecule has 0 aliphatic carbocycles. The van der Waals surface area contributed by atoms with Crippen LogP contribution in [0.2, 0.25) is 0 Å². The van der Waals surface area contributed by atoms with E-state index < -0.39 is 0 Å². The van der Waals surface area contributed by atoms with Gasteiger partial charge in [-0.25, -0.2) is 0 Å². The minimum absolute atomic E-state index is 0.123. The van der Waals surface area contributed by atoms with E-state index in [-0.39, 0.29) is 18.2 Å². The highest BCUT2D eigenvalue weighted by atomic mass is 16.5. The quantitative estimate of drug-likeness (QED) is 0.848. The van der Waals surface area contributed by atoms with Crippen molar-refractivity contribution in [2.24, 2.45) is 0 Å². The number of hydrazine groups is 1. The predicted octanol–water partition coefficient (Wildman–Crippen LogP) is 2.01. The van der Waals surface area contributed by atoms with Gasteiger partial charge in [0.25, 0.3) is 5.91 Å². The van der Waals surface area contributed by atoms with Crippen LogP contribution >= 0.6 is 0 Å². The van der Waals surface area contributed by atoms with Gasteiger partial charge in [-0.15, -0.1) is 0 Å². The van der Waals surface area contributed by atoms with Crippen LogP contribution in [0.1, 0.15) is 21.5 Å². The molecule has 0 saturated heterocycles. The normalized spacial score (nSPS) is 9.91. The van der Waals surface area contributed by atoms with Crippen molar-refractivity contribution in [1.82, 2.24) is 10.9 Å². The van der Waals surface area contributed by atoms with Crippen LogP contribution in [0.25, 0.3) is 0 Å². The number of benzene rings is 2. The fourth-order valence-corrected chi connectivity index (χ4v) is 1.97. The SMILES string of the molecule is COc1ccccc1CC(=O)NNC(=O)c1ccc(C)cc1. The Bertz CT molecular complexity index is 666. The maximum absolute atomic E-state index is 11.9. The van der Waals surface area contributed by atoms with Gasteiger partial charge in [0.2, 0.25) is 5.91 Å². The molecule has 2 aromatic rings. The summed E-state index contributed by atoms with van der Waals surface area (Å²) in [5, 5.41) is 0. The van der Waals surface area contributed by atoms with Gasteiger partial charge < -0.3 is 4.74 Å². The Morgan fingerprint density at radius 3 is 2.36 bits per heavy atom. The van der Waals surface area contributed by atoms with E-state index in [9.17, 15) is 9.59 Å². The average molecular weight is 298 g/mol. The summed E-state index contributed by atoms with van der Waals surface area (Å²) in [6.45, 7) is 1.94. The Morgan fingerprint density at radius 1 is 1.00 bits per heavy atom. The third-order valence-electron chi connectivity index (χ3n) is 3.17. The summed E-state index contributed by atoms with van der Waals surface area (Å²) in [5.41, 5.74) is 7.11. The van der Waals surface area contributed by atoms with Gasteiger partial charge >= 0.3 is 0 Å². The maximum Gasteiger partial charge on any atom is 0.269 e. The van der Waals surface area contributed by atoms with Crippen molar-refractivity contribution in [2.45, 2.75) is 13.3 Å². The van der Waals surface area contributed by atoms with E-state index in [0.717, 1.165) is 11.1 Å². The molecule has 0 bridgehead atoms. The second-order valence-corrected chi connectivity index (χ2v) is 4.86. The first-order valence-electron chi connectivity index (χ1n) is 6.88. The molecule has 0 unspecified atom stereocenters. The van der Waals surface area contributed by atoms with Gasteiger partial charge in [-0.05, 0) is 25.1 Å². The van der Waals surface area contributed by atoms with E-state index >= 15 is 0 Å². The van der Waals surface area contributed by atoms with Gasteiger partial charge in [0, 0.05) is 11.1 Å². The number of carbonyl (C=O) groups is 2. The Labute approximate surface area is 129 Å². The van der Waals surface area contributed by atoms with Gasteiger partial charge in [-0.1, -0.05) is 35.9 Å². The monoisotopic (exact) mass is 298 g/mol. The third-order valence-corrected chi connectivity index (χ3v) is 3.17. The molecule has 2 aromatic carbocycles. The fourth-order valence-electron chi connectivity index (χ4n) is 1.97. The molecule has 114 valence electrons. The minimum Gasteiger partial charge on any atom is -0.496 e. The lowest BCUT2D eigenvalue weighted by Gasteiger charge is -2.10. The van der Waals surface area contributed by atoms with Crippen molar-refractivity contribution in [3.05, 3.63) is 65.2 Å². The number of nitrogens with one attached hydrogen (secondary N) is 2. The third kappa shape index (κ3) is 4.09. The molecule has 0 aliphatic rings. The van der Waals surface area contributed by atoms with Crippen LogP contribution < -0.4 is 15.6 Å². The van der Waals surface area contributed by atoms with Crippen molar-refractivity contribution >= 4 is 11.8 Å². The van der Waals surface area contributed by atoms with E-state index in [1.165, 1.54) is 0 Å². The molecule has 5 heteroatoms. The number of methoxy groups -OCH3 is 1. The molecule has 0 fully saturated rings. The number of ether oxygens (including phenoxy) is 1. The summed E-state index contributed by atoms with van der Waals surface area (Å²) >= 11 is 0. The Balaban J connectivity index is 1.90. The highest BCUT2D eigenvalue weighted by Gasteiger charge is 2.10. The molecular formula is C17H18N2O3. The molecule has 0 aliphatic heterocycles. The second-order valence-electron chi connectivity index (χ2n) is 4.86. The van der Waals surface area contributed by atoms with Gasteiger partial charge in [-0.2, -0.15) is 0 Å². The van der Waals surface area contributed by atoms with E-state index in [4.69, 9.17) is 4.74 Å². The summed E-state index contributed by atoms with van der Waals surface area (Å²) in [4.78, 5) is 23.8. The summed E-state index contributed by atoms with van der Waals surface area (Å²) in [5.74, 6) is -0.0270. The lowest BCUT2D eigenvalue weighted by Crippen LogP contribution is -2.42. The lowest BCUT2D eigenvalue weighted by molar-refractivity contribution is -0.121. The molecule has 2 amide bonds. The zero-order chi connectivity index (χ0) is 15.9. The van der Waals surface area contributed by atoms with Crippen LogP contribution in [-0.2, 0) is 11.2 Å². The predicted molar refractivity (Wildman–Crippen MR) is 83.5 cm³/mol. The first-order chi connectivity index (χ1) is 10.6. The molecule has 0 aromatic heterocycles. The number of hydrogen-bond donors (Lipinski definition) is 2. The van der Waals surface area contributed by atoms with Gasteiger partial charge in [0.1, 0.15) is 5.75 Å². The van der Waals surface area contributed by atoms with Crippen molar-refractivity contribution < 1.29 is 14.3 Å². The van der Waals surface area contributed by atoms with Crippen LogP contribution in [0.3, 0.4) is 0 Å². The smallest absolute Gasteiger partial charge is 0.269 e. The Hall–Kier alpha value is -2.82. The number of rotatable bonds is 4. The molecule has 22 heavy (non-hydrogen) atoms. The van der Waals surface area contributed by atoms with Gasteiger partial charge in [0.15, 0.2) is 0 Å². The zero-order valence-corrected chi connectivity index (χ0v) is 12.6. The Kier molecular flexibility index (Phi) is 5.14. The summed E-state index contributed by atoms with van der Waals surface area (Å²) in [6.07, 6.45) is 0.123. The fraction of sp³-hybridized carbons (Fsp3) is 0.176. The van der Waals surface area contributed by atoms with Crippen LogP contribution in [0.4, 0.5) is 0 Å². The molecule has 5 nitrogen and oxygen atoms in total. The van der Waals surface area contributed by atoms with Crippen LogP contribution in [0.15, 0.2) is 48.5 Å². The largest absolute Gasteiger partial charge is 0.496 e. The first kappa shape index (κ1) is 15.6. The van der Waals surface area contributed by atoms with E-state index in [1.54, 1.807) is 31.4 Å². The summed E-state index contributed by atoms with van der Waals surface area (Å²) in [7, 11) is 1.55. The standard InChI is InChI=1S/C17H18N2O3/c1-12-7-9-13(10-8-12)17(21)19-18-16(20)11-14-5-3-4-6-15(14)22-2/h3-10H,11H2,1-2H3,(H,18,20)(H,19,21). The first-order valence-corrected chi connectivity index (χ1v) is 6.88. The van der Waals surface area contributed by atoms with Crippen LogP contribution in [0, 0.1) is 6.92 Å². The summed E-state index contributed by atoms with van der Waals surface area (Å²) < 4.78 is 5.18. The number of hydrogen-bond acceptors (Lipinski definition) is 3. The Morgan fingerprint density at radius 2 is 1.68 bits per heavy atom. The van der Waals surface area contributed by atoms with Crippen molar-refractivity contribution in [3.63, 3.8) is 0 Å². The minimum atomic E-state index is -0.353. The second kappa shape index (κ2) is 7.26. The summed E-state index contributed by atoms with van der Waals surface area (Å²) in [6, 6.07) is 14.3. The van der Waals surface area contributed by atoms with Gasteiger partial charge in [0.05, 0.1) is 13.5 Å². The number of carbonyl (C=O) groups excluding carboxylic acids is 2. The number of amides is 2. The molecular weight excluding hydrogens is 280 g/mol.